The first-order valence-electron chi connectivity index (χ1n) is 8.87. The van der Waals surface area contributed by atoms with Gasteiger partial charge < -0.3 is 9.72 Å². The molecule has 2 fully saturated rings. The van der Waals surface area contributed by atoms with Crippen LogP contribution in [0.4, 0.5) is 0 Å². The minimum absolute atomic E-state index is 0.464. The highest BCUT2D eigenvalue weighted by atomic mass is 16.5. The molecule has 0 bridgehead atoms. The summed E-state index contributed by atoms with van der Waals surface area (Å²) in [4.78, 5) is 13.2. The van der Waals surface area contributed by atoms with Crippen LogP contribution in [-0.4, -0.2) is 65.2 Å². The fourth-order valence-electron chi connectivity index (χ4n) is 3.66. The number of hydrogen-bond acceptors (Lipinski definition) is 4. The maximum absolute atomic E-state index is 5.87. The molecule has 1 aromatic heterocycles. The number of fused-ring (bicyclic) bond motifs is 1. The second kappa shape index (κ2) is 6.99. The summed E-state index contributed by atoms with van der Waals surface area (Å²) < 4.78 is 5.87. The van der Waals surface area contributed by atoms with Crippen molar-refractivity contribution in [1.29, 1.82) is 0 Å². The first-order chi connectivity index (χ1) is 11.4. The molecule has 3 heterocycles. The van der Waals surface area contributed by atoms with Crippen LogP contribution in [0.25, 0.3) is 11.0 Å². The van der Waals surface area contributed by atoms with Gasteiger partial charge in [-0.1, -0.05) is 12.1 Å². The maximum atomic E-state index is 5.87. The monoisotopic (exact) mass is 314 g/mol. The fourth-order valence-corrected chi connectivity index (χ4v) is 3.66. The molecule has 0 spiro atoms. The summed E-state index contributed by atoms with van der Waals surface area (Å²) in [5.74, 6) is 1.08. The molecule has 2 saturated heterocycles. The number of hydrogen-bond donors (Lipinski definition) is 1. The number of H-pyrrole nitrogens is 1. The minimum Gasteiger partial charge on any atom is -0.377 e. The number of ether oxygens (including phenoxy) is 1. The van der Waals surface area contributed by atoms with E-state index in [0.29, 0.717) is 6.10 Å². The second-order valence-corrected chi connectivity index (χ2v) is 6.77. The van der Waals surface area contributed by atoms with Crippen LogP contribution in [-0.2, 0) is 11.3 Å². The Morgan fingerprint density at radius 3 is 2.70 bits per heavy atom. The first-order valence-corrected chi connectivity index (χ1v) is 8.87. The van der Waals surface area contributed by atoms with Crippen LogP contribution in [0.3, 0.4) is 0 Å². The molecular weight excluding hydrogens is 288 g/mol. The predicted molar refractivity (Wildman–Crippen MR) is 91.4 cm³/mol. The Balaban J connectivity index is 1.27. The van der Waals surface area contributed by atoms with E-state index in [1.807, 2.05) is 6.07 Å². The third kappa shape index (κ3) is 3.74. The van der Waals surface area contributed by atoms with Crippen molar-refractivity contribution in [2.75, 3.05) is 39.3 Å². The number of benzene rings is 1. The van der Waals surface area contributed by atoms with Gasteiger partial charge in [-0.2, -0.15) is 0 Å². The van der Waals surface area contributed by atoms with E-state index in [0.717, 1.165) is 62.7 Å². The van der Waals surface area contributed by atoms with Crippen molar-refractivity contribution in [3.8, 4) is 0 Å². The Morgan fingerprint density at radius 2 is 1.91 bits per heavy atom. The third-order valence-electron chi connectivity index (χ3n) is 5.01. The highest BCUT2D eigenvalue weighted by Crippen LogP contribution is 2.16. The van der Waals surface area contributed by atoms with E-state index in [-0.39, 0.29) is 0 Å². The number of piperazine rings is 1. The van der Waals surface area contributed by atoms with Gasteiger partial charge in [0.15, 0.2) is 0 Å². The molecule has 2 aliphatic heterocycles. The van der Waals surface area contributed by atoms with Crippen LogP contribution >= 0.6 is 0 Å². The van der Waals surface area contributed by atoms with Crippen molar-refractivity contribution in [2.45, 2.75) is 31.9 Å². The summed E-state index contributed by atoms with van der Waals surface area (Å²) in [7, 11) is 0. The average Bonchev–Trinajstić information content (AvgIpc) is 3.00. The van der Waals surface area contributed by atoms with Crippen LogP contribution in [0.2, 0.25) is 0 Å². The number of rotatable bonds is 4. The van der Waals surface area contributed by atoms with E-state index in [1.54, 1.807) is 0 Å². The maximum Gasteiger partial charge on any atom is 0.121 e. The topological polar surface area (TPSA) is 44.4 Å². The molecule has 2 aromatic rings. The van der Waals surface area contributed by atoms with Crippen molar-refractivity contribution < 1.29 is 4.74 Å². The van der Waals surface area contributed by atoms with Gasteiger partial charge in [0.2, 0.25) is 0 Å². The van der Waals surface area contributed by atoms with E-state index in [4.69, 9.17) is 4.74 Å². The molecule has 4 rings (SSSR count). The zero-order valence-electron chi connectivity index (χ0n) is 13.7. The van der Waals surface area contributed by atoms with Gasteiger partial charge in [0, 0.05) is 39.3 Å². The Kier molecular flexibility index (Phi) is 4.60. The molecule has 5 nitrogen and oxygen atoms in total. The van der Waals surface area contributed by atoms with E-state index in [1.165, 1.54) is 19.3 Å². The van der Waals surface area contributed by atoms with Gasteiger partial charge >= 0.3 is 0 Å². The van der Waals surface area contributed by atoms with E-state index in [2.05, 4.69) is 38.0 Å². The minimum atomic E-state index is 0.464. The highest BCUT2D eigenvalue weighted by Gasteiger charge is 2.22. The molecule has 2 aliphatic rings. The summed E-state index contributed by atoms with van der Waals surface area (Å²) in [5, 5.41) is 0. The molecule has 124 valence electrons. The molecule has 1 aromatic carbocycles. The Bertz CT molecular complexity index is 594. The van der Waals surface area contributed by atoms with Gasteiger partial charge in [-0.15, -0.1) is 0 Å². The molecule has 0 unspecified atom stereocenters. The zero-order chi connectivity index (χ0) is 15.5. The molecule has 23 heavy (non-hydrogen) atoms. The van der Waals surface area contributed by atoms with Gasteiger partial charge in [0.25, 0.3) is 0 Å². The highest BCUT2D eigenvalue weighted by molar-refractivity contribution is 5.74. The molecule has 0 saturated carbocycles. The third-order valence-corrected chi connectivity index (χ3v) is 5.01. The quantitative estimate of drug-likeness (QED) is 0.940. The summed E-state index contributed by atoms with van der Waals surface area (Å²) >= 11 is 0. The van der Waals surface area contributed by atoms with Crippen LogP contribution < -0.4 is 0 Å². The smallest absolute Gasteiger partial charge is 0.121 e. The SMILES string of the molecule is c1ccc2[nH]c(CN3CCN(C[C@@H]4CCCCO4)CC3)nc2c1. The molecule has 1 N–H and O–H groups in total. The van der Waals surface area contributed by atoms with Crippen molar-refractivity contribution >= 4 is 11.0 Å². The Labute approximate surface area is 137 Å². The molecule has 0 amide bonds. The fraction of sp³-hybridized carbons (Fsp3) is 0.611. The number of aromatic amines is 1. The van der Waals surface area contributed by atoms with Gasteiger partial charge in [-0.25, -0.2) is 4.98 Å². The Hall–Kier alpha value is -1.43. The summed E-state index contributed by atoms with van der Waals surface area (Å²) in [6, 6.07) is 8.25. The normalized spacial score (nSPS) is 24.3. The standard InChI is InChI=1S/C18H26N4O/c1-2-7-17-16(6-1)19-18(20-17)14-22-10-8-21(9-11-22)13-15-5-3-4-12-23-15/h1-2,6-7,15H,3-5,8-14H2,(H,19,20)/t15-/m0/s1. The van der Waals surface area contributed by atoms with E-state index >= 15 is 0 Å². The largest absolute Gasteiger partial charge is 0.377 e. The lowest BCUT2D eigenvalue weighted by Crippen LogP contribution is -2.48. The lowest BCUT2D eigenvalue weighted by atomic mass is 10.1. The lowest BCUT2D eigenvalue weighted by molar-refractivity contribution is -0.0147. The van der Waals surface area contributed by atoms with E-state index < -0.39 is 0 Å². The number of nitrogens with one attached hydrogen (secondary N) is 1. The number of imidazole rings is 1. The zero-order valence-corrected chi connectivity index (χ0v) is 13.7. The molecule has 0 radical (unpaired) electrons. The van der Waals surface area contributed by atoms with Crippen molar-refractivity contribution in [3.63, 3.8) is 0 Å². The predicted octanol–water partition coefficient (Wildman–Crippen LogP) is 2.25. The molecule has 0 aliphatic carbocycles. The molecular formula is C18H26N4O. The number of para-hydroxylation sites is 2. The van der Waals surface area contributed by atoms with E-state index in [9.17, 15) is 0 Å². The molecule has 1 atom stereocenters. The van der Waals surface area contributed by atoms with Crippen LogP contribution in [0.15, 0.2) is 24.3 Å². The van der Waals surface area contributed by atoms with Gasteiger partial charge in [0.1, 0.15) is 5.82 Å². The van der Waals surface area contributed by atoms with Crippen LogP contribution in [0, 0.1) is 0 Å². The second-order valence-electron chi connectivity index (χ2n) is 6.77. The average molecular weight is 314 g/mol. The summed E-state index contributed by atoms with van der Waals surface area (Å²) in [6.07, 6.45) is 4.27. The van der Waals surface area contributed by atoms with Gasteiger partial charge in [0.05, 0.1) is 23.7 Å². The first kappa shape index (κ1) is 15.1. The number of nitrogens with zero attached hydrogens (tertiary/aromatic N) is 3. The van der Waals surface area contributed by atoms with Gasteiger partial charge in [-0.05, 0) is 31.4 Å². The summed E-state index contributed by atoms with van der Waals surface area (Å²) in [6.45, 7) is 7.49. The molecule has 5 heteroatoms. The van der Waals surface area contributed by atoms with Crippen molar-refractivity contribution in [1.82, 2.24) is 19.8 Å². The van der Waals surface area contributed by atoms with Crippen LogP contribution in [0.5, 0.6) is 0 Å². The lowest BCUT2D eigenvalue weighted by Gasteiger charge is -2.36. The number of aromatic nitrogens is 2. The Morgan fingerprint density at radius 1 is 1.09 bits per heavy atom. The van der Waals surface area contributed by atoms with Gasteiger partial charge in [-0.3, -0.25) is 9.80 Å². The van der Waals surface area contributed by atoms with Crippen molar-refractivity contribution in [3.05, 3.63) is 30.1 Å². The van der Waals surface area contributed by atoms with Crippen molar-refractivity contribution in [2.24, 2.45) is 0 Å². The van der Waals surface area contributed by atoms with Crippen LogP contribution in [0.1, 0.15) is 25.1 Å². The summed E-state index contributed by atoms with van der Waals surface area (Å²) in [5.41, 5.74) is 2.20.